The van der Waals surface area contributed by atoms with Crippen LogP contribution in [0, 0.1) is 0 Å². The van der Waals surface area contributed by atoms with Crippen LogP contribution in [-0.4, -0.2) is 13.1 Å². The Morgan fingerprint density at radius 2 is 1.81 bits per heavy atom. The molecule has 16 heavy (non-hydrogen) atoms. The molecule has 0 amide bonds. The summed E-state index contributed by atoms with van der Waals surface area (Å²) in [7, 11) is 0. The number of benzene rings is 1. The van der Waals surface area contributed by atoms with Gasteiger partial charge in [0, 0.05) is 12.2 Å². The fourth-order valence-corrected chi connectivity index (χ4v) is 1.70. The fraction of sp³-hybridized carbons (Fsp3) is 0.571. The summed E-state index contributed by atoms with van der Waals surface area (Å²) in [5.74, 6) is 0. The molecule has 0 bridgehead atoms. The van der Waals surface area contributed by atoms with Gasteiger partial charge >= 0.3 is 0 Å². The van der Waals surface area contributed by atoms with E-state index in [1.807, 2.05) is 0 Å². The van der Waals surface area contributed by atoms with E-state index in [1.54, 1.807) is 0 Å². The minimum atomic E-state index is 0.752. The third-order valence-corrected chi connectivity index (χ3v) is 2.73. The van der Waals surface area contributed by atoms with Crippen LogP contribution in [0.4, 0.5) is 5.69 Å². The van der Waals surface area contributed by atoms with Crippen LogP contribution in [0.5, 0.6) is 0 Å². The Bertz CT molecular complexity index is 238. The van der Waals surface area contributed by atoms with E-state index < -0.39 is 0 Å². The highest BCUT2D eigenvalue weighted by Gasteiger charge is 1.94. The van der Waals surface area contributed by atoms with Crippen LogP contribution < -0.4 is 11.1 Å². The second-order valence-corrected chi connectivity index (χ2v) is 4.22. The number of unbranched alkanes of at least 4 members (excludes halogenated alkanes) is 2. The molecule has 90 valence electrons. The Kier molecular flexibility index (Phi) is 6.66. The van der Waals surface area contributed by atoms with E-state index in [-0.39, 0.29) is 0 Å². The topological polar surface area (TPSA) is 38.0 Å². The lowest BCUT2D eigenvalue weighted by atomic mass is 10.1. The molecule has 0 aliphatic rings. The first kappa shape index (κ1) is 13.0. The van der Waals surface area contributed by atoms with Gasteiger partial charge in [-0.3, -0.25) is 0 Å². The SMILES string of the molecule is CCCCCc1ccc(NCCCN)cc1. The summed E-state index contributed by atoms with van der Waals surface area (Å²) >= 11 is 0. The molecule has 0 aromatic heterocycles. The summed E-state index contributed by atoms with van der Waals surface area (Å²) < 4.78 is 0. The Hall–Kier alpha value is -1.02. The van der Waals surface area contributed by atoms with Gasteiger partial charge in [-0.25, -0.2) is 0 Å². The average Bonchev–Trinajstić information content (AvgIpc) is 2.32. The molecule has 0 fully saturated rings. The standard InChI is InChI=1S/C14H24N2/c1-2-3-4-6-13-7-9-14(10-8-13)16-12-5-11-15/h7-10,16H,2-6,11-12,15H2,1H3. The van der Waals surface area contributed by atoms with E-state index in [1.165, 1.54) is 36.9 Å². The van der Waals surface area contributed by atoms with Gasteiger partial charge in [0.05, 0.1) is 0 Å². The van der Waals surface area contributed by atoms with E-state index >= 15 is 0 Å². The van der Waals surface area contributed by atoms with Crippen LogP contribution in [0.1, 0.15) is 38.2 Å². The molecular formula is C14H24N2. The van der Waals surface area contributed by atoms with Crippen molar-refractivity contribution in [3.63, 3.8) is 0 Å². The summed E-state index contributed by atoms with van der Waals surface area (Å²) in [6.07, 6.45) is 6.15. The number of rotatable bonds is 8. The number of aryl methyl sites for hydroxylation is 1. The van der Waals surface area contributed by atoms with Crippen molar-refractivity contribution < 1.29 is 0 Å². The Morgan fingerprint density at radius 1 is 1.06 bits per heavy atom. The maximum atomic E-state index is 5.44. The predicted molar refractivity (Wildman–Crippen MR) is 71.8 cm³/mol. The van der Waals surface area contributed by atoms with Crippen molar-refractivity contribution in [1.82, 2.24) is 0 Å². The van der Waals surface area contributed by atoms with E-state index in [4.69, 9.17) is 5.73 Å². The van der Waals surface area contributed by atoms with Gasteiger partial charge in [0.15, 0.2) is 0 Å². The zero-order valence-corrected chi connectivity index (χ0v) is 10.3. The minimum absolute atomic E-state index is 0.752. The van der Waals surface area contributed by atoms with E-state index in [9.17, 15) is 0 Å². The maximum Gasteiger partial charge on any atom is 0.0340 e. The predicted octanol–water partition coefficient (Wildman–Crippen LogP) is 3.18. The van der Waals surface area contributed by atoms with Gasteiger partial charge in [0.1, 0.15) is 0 Å². The van der Waals surface area contributed by atoms with Crippen LogP contribution in [-0.2, 0) is 6.42 Å². The third kappa shape index (κ3) is 5.17. The molecule has 0 saturated carbocycles. The first-order chi connectivity index (χ1) is 7.86. The smallest absolute Gasteiger partial charge is 0.0340 e. The molecule has 3 N–H and O–H groups in total. The summed E-state index contributed by atoms with van der Waals surface area (Å²) in [5, 5.41) is 3.36. The van der Waals surface area contributed by atoms with Crippen molar-refractivity contribution in [2.45, 2.75) is 39.0 Å². The lowest BCUT2D eigenvalue weighted by Crippen LogP contribution is -2.08. The molecule has 0 heterocycles. The largest absolute Gasteiger partial charge is 0.385 e. The van der Waals surface area contributed by atoms with Gasteiger partial charge in [-0.2, -0.15) is 0 Å². The maximum absolute atomic E-state index is 5.44. The van der Waals surface area contributed by atoms with Gasteiger partial charge in [-0.05, 0) is 43.5 Å². The highest BCUT2D eigenvalue weighted by Crippen LogP contribution is 2.12. The van der Waals surface area contributed by atoms with Crippen LogP contribution in [0.25, 0.3) is 0 Å². The molecule has 2 heteroatoms. The summed E-state index contributed by atoms with van der Waals surface area (Å²) in [4.78, 5) is 0. The minimum Gasteiger partial charge on any atom is -0.385 e. The van der Waals surface area contributed by atoms with Gasteiger partial charge < -0.3 is 11.1 Å². The molecule has 0 aliphatic heterocycles. The van der Waals surface area contributed by atoms with Crippen molar-refractivity contribution >= 4 is 5.69 Å². The van der Waals surface area contributed by atoms with E-state index in [0.717, 1.165) is 19.5 Å². The first-order valence-electron chi connectivity index (χ1n) is 6.39. The third-order valence-electron chi connectivity index (χ3n) is 2.73. The molecule has 0 atom stereocenters. The van der Waals surface area contributed by atoms with Crippen molar-refractivity contribution in [2.24, 2.45) is 5.73 Å². The molecule has 0 radical (unpaired) electrons. The van der Waals surface area contributed by atoms with Gasteiger partial charge in [-0.1, -0.05) is 31.9 Å². The Morgan fingerprint density at radius 3 is 2.44 bits per heavy atom. The lowest BCUT2D eigenvalue weighted by Gasteiger charge is -2.06. The van der Waals surface area contributed by atoms with Crippen molar-refractivity contribution in [3.05, 3.63) is 29.8 Å². The monoisotopic (exact) mass is 220 g/mol. The van der Waals surface area contributed by atoms with Crippen LogP contribution in [0.15, 0.2) is 24.3 Å². The van der Waals surface area contributed by atoms with Crippen LogP contribution in [0.3, 0.4) is 0 Å². The zero-order valence-electron chi connectivity index (χ0n) is 10.3. The molecule has 1 aromatic rings. The molecule has 1 rings (SSSR count). The molecule has 2 nitrogen and oxygen atoms in total. The second-order valence-electron chi connectivity index (χ2n) is 4.22. The normalized spacial score (nSPS) is 10.4. The number of hydrogen-bond acceptors (Lipinski definition) is 2. The molecule has 1 aromatic carbocycles. The molecular weight excluding hydrogens is 196 g/mol. The highest BCUT2D eigenvalue weighted by atomic mass is 14.9. The van der Waals surface area contributed by atoms with E-state index in [2.05, 4.69) is 36.5 Å². The number of hydrogen-bond donors (Lipinski definition) is 2. The Balaban J connectivity index is 2.30. The Labute approximate surface area is 99.2 Å². The van der Waals surface area contributed by atoms with Crippen molar-refractivity contribution in [2.75, 3.05) is 18.4 Å². The van der Waals surface area contributed by atoms with Crippen molar-refractivity contribution in [1.29, 1.82) is 0 Å². The summed E-state index contributed by atoms with van der Waals surface area (Å²) in [5.41, 5.74) is 8.09. The summed E-state index contributed by atoms with van der Waals surface area (Å²) in [6.45, 7) is 3.96. The number of nitrogens with two attached hydrogens (primary N) is 1. The summed E-state index contributed by atoms with van der Waals surface area (Å²) in [6, 6.07) is 8.77. The van der Waals surface area contributed by atoms with Crippen LogP contribution >= 0.6 is 0 Å². The molecule has 0 spiro atoms. The quantitative estimate of drug-likeness (QED) is 0.660. The van der Waals surface area contributed by atoms with Gasteiger partial charge in [-0.15, -0.1) is 0 Å². The highest BCUT2D eigenvalue weighted by molar-refractivity contribution is 5.44. The molecule has 0 aliphatic carbocycles. The van der Waals surface area contributed by atoms with E-state index in [0.29, 0.717) is 0 Å². The van der Waals surface area contributed by atoms with Crippen LogP contribution in [0.2, 0.25) is 0 Å². The average molecular weight is 220 g/mol. The van der Waals surface area contributed by atoms with Gasteiger partial charge in [0.2, 0.25) is 0 Å². The fourth-order valence-electron chi connectivity index (χ4n) is 1.70. The first-order valence-corrected chi connectivity index (χ1v) is 6.39. The van der Waals surface area contributed by atoms with Gasteiger partial charge in [0.25, 0.3) is 0 Å². The second kappa shape index (κ2) is 8.17. The van der Waals surface area contributed by atoms with Crippen molar-refractivity contribution in [3.8, 4) is 0 Å². The molecule has 0 saturated heterocycles. The lowest BCUT2D eigenvalue weighted by molar-refractivity contribution is 0.717. The number of anilines is 1. The zero-order chi connectivity index (χ0) is 11.6. The number of nitrogens with one attached hydrogen (secondary N) is 1. The molecule has 0 unspecified atom stereocenters.